The molecule has 0 unspecified atom stereocenters. The molecule has 0 fully saturated rings. The first-order chi connectivity index (χ1) is 13.9. The van der Waals surface area contributed by atoms with Gasteiger partial charge < -0.3 is 20.7 Å². The van der Waals surface area contributed by atoms with Crippen molar-refractivity contribution in [2.24, 2.45) is 0 Å². The molecule has 3 amide bonds. The number of amides is 3. The van der Waals surface area contributed by atoms with Gasteiger partial charge in [0, 0.05) is 23.3 Å². The van der Waals surface area contributed by atoms with E-state index in [1.807, 2.05) is 6.92 Å². The van der Waals surface area contributed by atoms with Gasteiger partial charge in [0.2, 0.25) is 17.7 Å². The molecule has 29 heavy (non-hydrogen) atoms. The Kier molecular flexibility index (Phi) is 8.69. The molecule has 8 nitrogen and oxygen atoms in total. The second-order valence-electron chi connectivity index (χ2n) is 5.76. The largest absolute Gasteiger partial charge is 0.478 e. The number of nitrogens with one attached hydrogen (secondary N) is 3. The number of nitrogens with zero attached hydrogens (tertiary/aromatic N) is 1. The molecule has 0 aliphatic rings. The molecule has 0 aliphatic carbocycles. The molecular formula is C19H20Cl2N4O4. The molecule has 0 bridgehead atoms. The average molecular weight is 439 g/mol. The van der Waals surface area contributed by atoms with Gasteiger partial charge in [-0.25, -0.2) is 4.98 Å². The number of carbonyl (C=O) groups is 3. The van der Waals surface area contributed by atoms with E-state index < -0.39 is 17.7 Å². The van der Waals surface area contributed by atoms with Crippen molar-refractivity contribution in [3.63, 3.8) is 0 Å². The van der Waals surface area contributed by atoms with Crippen molar-refractivity contribution < 1.29 is 19.1 Å². The maximum Gasteiger partial charge on any atom is 0.253 e. The van der Waals surface area contributed by atoms with Crippen LogP contribution in [0.1, 0.15) is 22.8 Å². The summed E-state index contributed by atoms with van der Waals surface area (Å²) in [7, 11) is 0. The lowest BCUT2D eigenvalue weighted by atomic mass is 10.2. The molecule has 1 aromatic heterocycles. The maximum absolute atomic E-state index is 12.0. The fourth-order valence-electron chi connectivity index (χ4n) is 2.25. The van der Waals surface area contributed by atoms with Crippen LogP contribution in [0, 0.1) is 0 Å². The molecule has 2 rings (SSSR count). The molecule has 3 N–H and O–H groups in total. The number of benzene rings is 1. The standard InChI is InChI=1S/C19H20Cl2N4O4/c1-2-29-19-12(4-3-7-22-19)9-23-16(26)10-24-17(27)11-25-18(28)14-6-5-13(20)8-15(14)21/h3-8H,2,9-11H2,1H3,(H,23,26)(H,24,27)(H,25,28). The van der Waals surface area contributed by atoms with E-state index in [4.69, 9.17) is 27.9 Å². The summed E-state index contributed by atoms with van der Waals surface area (Å²) in [5.41, 5.74) is 0.921. The quantitative estimate of drug-likeness (QED) is 0.554. The number of halogens is 2. The highest BCUT2D eigenvalue weighted by atomic mass is 35.5. The minimum atomic E-state index is -0.522. The number of carbonyl (C=O) groups excluding carboxylic acids is 3. The van der Waals surface area contributed by atoms with Crippen molar-refractivity contribution in [3.05, 3.63) is 57.7 Å². The molecule has 0 saturated heterocycles. The van der Waals surface area contributed by atoms with Crippen molar-refractivity contribution in [3.8, 4) is 5.88 Å². The Morgan fingerprint density at radius 2 is 1.76 bits per heavy atom. The number of rotatable bonds is 9. The zero-order chi connectivity index (χ0) is 21.2. The van der Waals surface area contributed by atoms with Gasteiger partial charge in [-0.15, -0.1) is 0 Å². The lowest BCUT2D eigenvalue weighted by Crippen LogP contribution is -2.41. The first kappa shape index (κ1) is 22.4. The predicted octanol–water partition coefficient (Wildman–Crippen LogP) is 1.95. The van der Waals surface area contributed by atoms with Crippen LogP contribution in [0.2, 0.25) is 10.0 Å². The summed E-state index contributed by atoms with van der Waals surface area (Å²) < 4.78 is 5.38. The number of hydrogen-bond donors (Lipinski definition) is 3. The Morgan fingerprint density at radius 1 is 1.03 bits per heavy atom. The van der Waals surface area contributed by atoms with Gasteiger partial charge in [0.25, 0.3) is 5.91 Å². The van der Waals surface area contributed by atoms with Crippen LogP contribution in [-0.2, 0) is 16.1 Å². The minimum Gasteiger partial charge on any atom is -0.478 e. The zero-order valence-electron chi connectivity index (χ0n) is 15.6. The number of hydrogen-bond acceptors (Lipinski definition) is 5. The van der Waals surface area contributed by atoms with Crippen molar-refractivity contribution >= 4 is 40.9 Å². The summed E-state index contributed by atoms with van der Waals surface area (Å²) in [4.78, 5) is 39.9. The van der Waals surface area contributed by atoms with Gasteiger partial charge in [0.15, 0.2) is 0 Å². The highest BCUT2D eigenvalue weighted by Gasteiger charge is 2.13. The second-order valence-corrected chi connectivity index (χ2v) is 6.60. The van der Waals surface area contributed by atoms with E-state index in [0.717, 1.165) is 5.56 Å². The second kappa shape index (κ2) is 11.2. The Labute approximate surface area is 177 Å². The van der Waals surface area contributed by atoms with E-state index in [-0.39, 0.29) is 30.2 Å². The van der Waals surface area contributed by atoms with E-state index in [1.54, 1.807) is 18.3 Å². The third-order valence-corrected chi connectivity index (χ3v) is 4.19. The molecule has 1 heterocycles. The maximum atomic E-state index is 12.0. The van der Waals surface area contributed by atoms with Crippen LogP contribution in [0.4, 0.5) is 0 Å². The molecule has 0 spiro atoms. The lowest BCUT2D eigenvalue weighted by molar-refractivity contribution is -0.125. The van der Waals surface area contributed by atoms with E-state index in [1.165, 1.54) is 18.2 Å². The van der Waals surface area contributed by atoms with Gasteiger partial charge in [0.05, 0.1) is 30.3 Å². The predicted molar refractivity (Wildman–Crippen MR) is 109 cm³/mol. The average Bonchev–Trinajstić information content (AvgIpc) is 2.70. The molecule has 154 valence electrons. The molecule has 0 saturated carbocycles. The van der Waals surface area contributed by atoms with Gasteiger partial charge in [-0.3, -0.25) is 14.4 Å². The van der Waals surface area contributed by atoms with Crippen molar-refractivity contribution in [2.45, 2.75) is 13.5 Å². The van der Waals surface area contributed by atoms with E-state index >= 15 is 0 Å². The van der Waals surface area contributed by atoms with Crippen molar-refractivity contribution in [2.75, 3.05) is 19.7 Å². The number of pyridine rings is 1. The lowest BCUT2D eigenvalue weighted by Gasteiger charge is -2.11. The third-order valence-electron chi connectivity index (χ3n) is 3.64. The Balaban J connectivity index is 1.73. The summed E-state index contributed by atoms with van der Waals surface area (Å²) in [6.07, 6.45) is 1.60. The van der Waals surface area contributed by atoms with Crippen LogP contribution >= 0.6 is 23.2 Å². The van der Waals surface area contributed by atoms with Gasteiger partial charge in [-0.1, -0.05) is 29.3 Å². The molecule has 2 aromatic rings. The van der Waals surface area contributed by atoms with Crippen molar-refractivity contribution in [1.82, 2.24) is 20.9 Å². The normalized spacial score (nSPS) is 10.2. The molecule has 1 aromatic carbocycles. The van der Waals surface area contributed by atoms with Crippen LogP contribution in [0.15, 0.2) is 36.5 Å². The van der Waals surface area contributed by atoms with E-state index in [9.17, 15) is 14.4 Å². The fourth-order valence-corrected chi connectivity index (χ4v) is 2.75. The molecule has 0 atom stereocenters. The summed E-state index contributed by atoms with van der Waals surface area (Å²) in [5.74, 6) is -0.985. The monoisotopic (exact) mass is 438 g/mol. The summed E-state index contributed by atoms with van der Waals surface area (Å²) in [5, 5.41) is 8.09. The van der Waals surface area contributed by atoms with Gasteiger partial charge in [-0.2, -0.15) is 0 Å². The Bertz CT molecular complexity index is 892. The third kappa shape index (κ3) is 7.24. The van der Waals surface area contributed by atoms with E-state index in [2.05, 4.69) is 20.9 Å². The van der Waals surface area contributed by atoms with Gasteiger partial charge >= 0.3 is 0 Å². The number of ether oxygens (including phenoxy) is 1. The van der Waals surface area contributed by atoms with Crippen LogP contribution in [0.5, 0.6) is 5.88 Å². The first-order valence-electron chi connectivity index (χ1n) is 8.74. The Hall–Kier alpha value is -2.84. The van der Waals surface area contributed by atoms with Crippen LogP contribution in [0.3, 0.4) is 0 Å². The van der Waals surface area contributed by atoms with Crippen LogP contribution in [0.25, 0.3) is 0 Å². The molecule has 10 heteroatoms. The topological polar surface area (TPSA) is 109 Å². The SMILES string of the molecule is CCOc1ncccc1CNC(=O)CNC(=O)CNC(=O)c1ccc(Cl)cc1Cl. The molecular weight excluding hydrogens is 419 g/mol. The van der Waals surface area contributed by atoms with Crippen molar-refractivity contribution in [1.29, 1.82) is 0 Å². The van der Waals surface area contributed by atoms with Gasteiger partial charge in [0.1, 0.15) is 0 Å². The van der Waals surface area contributed by atoms with Crippen LogP contribution in [-0.4, -0.2) is 42.4 Å². The molecule has 0 radical (unpaired) electrons. The summed E-state index contributed by atoms with van der Waals surface area (Å²) in [6, 6.07) is 7.93. The summed E-state index contributed by atoms with van der Waals surface area (Å²) >= 11 is 11.7. The number of aromatic nitrogens is 1. The van der Waals surface area contributed by atoms with Gasteiger partial charge in [-0.05, 0) is 31.2 Å². The Morgan fingerprint density at radius 3 is 2.48 bits per heavy atom. The highest BCUT2D eigenvalue weighted by Crippen LogP contribution is 2.20. The van der Waals surface area contributed by atoms with E-state index in [0.29, 0.717) is 17.5 Å². The zero-order valence-corrected chi connectivity index (χ0v) is 17.1. The molecule has 0 aliphatic heterocycles. The fraction of sp³-hybridized carbons (Fsp3) is 0.263. The van der Waals surface area contributed by atoms with Crippen LogP contribution < -0.4 is 20.7 Å². The summed E-state index contributed by atoms with van der Waals surface area (Å²) in [6.45, 7) is 1.97. The highest BCUT2D eigenvalue weighted by molar-refractivity contribution is 6.36. The minimum absolute atomic E-state index is 0.177. The first-order valence-corrected chi connectivity index (χ1v) is 9.49. The smallest absolute Gasteiger partial charge is 0.253 e.